The van der Waals surface area contributed by atoms with Crippen LogP contribution in [0.4, 0.5) is 0 Å². The van der Waals surface area contributed by atoms with Gasteiger partial charge in [-0.05, 0) is 55.6 Å². The molecule has 1 rings (SSSR count). The molecule has 0 bridgehead atoms. The second-order valence-corrected chi connectivity index (χ2v) is 4.68. The minimum atomic E-state index is -0.000930. The van der Waals surface area contributed by atoms with E-state index in [1.165, 1.54) is 5.54 Å². The van der Waals surface area contributed by atoms with Gasteiger partial charge in [0, 0.05) is 5.54 Å². The fraction of sp³-hybridized carbons (Fsp3) is 0.200. The third-order valence-electron chi connectivity index (χ3n) is 1.65. The molecule has 1 aromatic carbocycles. The summed E-state index contributed by atoms with van der Waals surface area (Å²) in [4.78, 5) is 0. The molecule has 0 spiro atoms. The SMILES string of the molecule is OCc1cc(Br)c(OC/C=C/Cl)c(Br)c1. The van der Waals surface area contributed by atoms with Crippen molar-refractivity contribution in [1.29, 1.82) is 0 Å². The molecule has 15 heavy (non-hydrogen) atoms. The molecule has 0 atom stereocenters. The van der Waals surface area contributed by atoms with Crippen molar-refractivity contribution in [2.75, 3.05) is 6.61 Å². The Balaban J connectivity index is 2.88. The Morgan fingerprint density at radius 2 is 1.93 bits per heavy atom. The van der Waals surface area contributed by atoms with Crippen molar-refractivity contribution in [3.63, 3.8) is 0 Å². The average Bonchev–Trinajstić information content (AvgIpc) is 2.22. The van der Waals surface area contributed by atoms with E-state index in [1.807, 2.05) is 12.1 Å². The van der Waals surface area contributed by atoms with Crippen LogP contribution in [0.25, 0.3) is 0 Å². The van der Waals surface area contributed by atoms with Gasteiger partial charge in [0.2, 0.25) is 0 Å². The van der Waals surface area contributed by atoms with Gasteiger partial charge in [-0.15, -0.1) is 0 Å². The van der Waals surface area contributed by atoms with Crippen molar-refractivity contribution in [2.24, 2.45) is 0 Å². The first-order chi connectivity index (χ1) is 7.19. The Labute approximate surface area is 110 Å². The molecule has 82 valence electrons. The van der Waals surface area contributed by atoms with E-state index in [2.05, 4.69) is 31.9 Å². The monoisotopic (exact) mass is 354 g/mol. The summed E-state index contributed by atoms with van der Waals surface area (Å²) < 4.78 is 7.05. The first kappa shape index (κ1) is 13.0. The first-order valence-electron chi connectivity index (χ1n) is 4.16. The zero-order chi connectivity index (χ0) is 11.3. The maximum Gasteiger partial charge on any atom is 0.148 e. The number of hydrogen-bond acceptors (Lipinski definition) is 2. The zero-order valence-corrected chi connectivity index (χ0v) is 11.6. The number of hydrogen-bond donors (Lipinski definition) is 1. The lowest BCUT2D eigenvalue weighted by Gasteiger charge is -2.09. The molecular formula is C10H9Br2ClO2. The number of aliphatic hydroxyl groups excluding tert-OH is 1. The van der Waals surface area contributed by atoms with Crippen molar-refractivity contribution >= 4 is 43.5 Å². The van der Waals surface area contributed by atoms with E-state index in [0.717, 1.165) is 14.5 Å². The lowest BCUT2D eigenvalue weighted by atomic mass is 10.2. The van der Waals surface area contributed by atoms with Crippen LogP contribution in [0.3, 0.4) is 0 Å². The minimum absolute atomic E-state index is 0.000930. The predicted molar refractivity (Wildman–Crippen MR) is 68.3 cm³/mol. The molecular weight excluding hydrogens is 347 g/mol. The fourth-order valence-corrected chi connectivity index (χ4v) is 2.59. The predicted octanol–water partition coefficient (Wildman–Crippen LogP) is 3.84. The van der Waals surface area contributed by atoms with Crippen molar-refractivity contribution in [2.45, 2.75) is 6.61 Å². The van der Waals surface area contributed by atoms with Gasteiger partial charge in [-0.25, -0.2) is 0 Å². The molecule has 1 aromatic rings. The Kier molecular flexibility index (Phi) is 5.68. The van der Waals surface area contributed by atoms with Gasteiger partial charge in [0.05, 0.1) is 15.6 Å². The summed E-state index contributed by atoms with van der Waals surface area (Å²) in [5.41, 5.74) is 2.22. The van der Waals surface area contributed by atoms with Crippen molar-refractivity contribution in [3.05, 3.63) is 38.3 Å². The average molecular weight is 356 g/mol. The molecule has 0 aliphatic carbocycles. The fourth-order valence-electron chi connectivity index (χ4n) is 1.01. The minimum Gasteiger partial charge on any atom is -0.487 e. The van der Waals surface area contributed by atoms with E-state index in [9.17, 15) is 0 Å². The van der Waals surface area contributed by atoms with Crippen LogP contribution < -0.4 is 4.74 Å². The lowest BCUT2D eigenvalue weighted by molar-refractivity contribution is 0.281. The second kappa shape index (κ2) is 6.53. The highest BCUT2D eigenvalue weighted by atomic mass is 79.9. The lowest BCUT2D eigenvalue weighted by Crippen LogP contribution is -1.96. The molecule has 1 N–H and O–H groups in total. The maximum absolute atomic E-state index is 8.98. The van der Waals surface area contributed by atoms with E-state index >= 15 is 0 Å². The maximum atomic E-state index is 8.98. The molecule has 5 heteroatoms. The largest absolute Gasteiger partial charge is 0.487 e. The normalized spacial score (nSPS) is 10.9. The van der Waals surface area contributed by atoms with Gasteiger partial charge in [0.1, 0.15) is 12.4 Å². The molecule has 2 nitrogen and oxygen atoms in total. The van der Waals surface area contributed by atoms with Gasteiger partial charge >= 0.3 is 0 Å². The molecule has 0 aliphatic heterocycles. The number of halogens is 3. The number of rotatable bonds is 4. The number of ether oxygens (including phenoxy) is 1. The van der Waals surface area contributed by atoms with E-state index in [0.29, 0.717) is 12.4 Å². The van der Waals surface area contributed by atoms with Crippen LogP contribution in [0.1, 0.15) is 5.56 Å². The number of benzene rings is 1. The van der Waals surface area contributed by atoms with Gasteiger partial charge in [-0.1, -0.05) is 11.6 Å². The highest BCUT2D eigenvalue weighted by Crippen LogP contribution is 2.34. The van der Waals surface area contributed by atoms with Gasteiger partial charge in [0.15, 0.2) is 0 Å². The molecule has 0 radical (unpaired) electrons. The highest BCUT2D eigenvalue weighted by Gasteiger charge is 2.07. The van der Waals surface area contributed by atoms with Gasteiger partial charge in [-0.2, -0.15) is 0 Å². The van der Waals surface area contributed by atoms with Gasteiger partial charge in [0.25, 0.3) is 0 Å². The van der Waals surface area contributed by atoms with E-state index in [-0.39, 0.29) is 6.61 Å². The van der Waals surface area contributed by atoms with Crippen LogP contribution in [-0.4, -0.2) is 11.7 Å². The third-order valence-corrected chi connectivity index (χ3v) is 3.01. The summed E-state index contributed by atoms with van der Waals surface area (Å²) in [7, 11) is 0. The smallest absolute Gasteiger partial charge is 0.148 e. The molecule has 0 saturated heterocycles. The van der Waals surface area contributed by atoms with Crippen LogP contribution in [-0.2, 0) is 6.61 Å². The summed E-state index contributed by atoms with van der Waals surface area (Å²) in [6.07, 6.45) is 1.69. The molecule has 0 fully saturated rings. The highest BCUT2D eigenvalue weighted by molar-refractivity contribution is 9.11. The molecule has 0 saturated carbocycles. The molecule has 0 unspecified atom stereocenters. The zero-order valence-electron chi connectivity index (χ0n) is 7.71. The van der Waals surface area contributed by atoms with Crippen LogP contribution >= 0.6 is 43.5 Å². The van der Waals surface area contributed by atoms with Gasteiger partial charge < -0.3 is 9.84 Å². The third kappa shape index (κ3) is 3.79. The Hall–Kier alpha value is -0.0300. The van der Waals surface area contributed by atoms with Gasteiger partial charge in [-0.3, -0.25) is 0 Å². The van der Waals surface area contributed by atoms with E-state index in [4.69, 9.17) is 21.4 Å². The standard InChI is InChI=1S/C10H9Br2ClO2/c11-8-4-7(6-14)5-9(12)10(8)15-3-1-2-13/h1-2,4-5,14H,3,6H2/b2-1+. The Morgan fingerprint density at radius 1 is 1.33 bits per heavy atom. The summed E-state index contributed by atoms with van der Waals surface area (Å²) in [5.74, 6) is 0.696. The van der Waals surface area contributed by atoms with Crippen LogP contribution in [0, 0.1) is 0 Å². The van der Waals surface area contributed by atoms with Crippen molar-refractivity contribution in [3.8, 4) is 5.75 Å². The van der Waals surface area contributed by atoms with E-state index < -0.39 is 0 Å². The van der Waals surface area contributed by atoms with Crippen molar-refractivity contribution in [1.82, 2.24) is 0 Å². The second-order valence-electron chi connectivity index (χ2n) is 2.72. The topological polar surface area (TPSA) is 29.5 Å². The first-order valence-corrected chi connectivity index (χ1v) is 6.18. The van der Waals surface area contributed by atoms with Crippen LogP contribution in [0.15, 0.2) is 32.7 Å². The Morgan fingerprint density at radius 3 is 2.40 bits per heavy atom. The summed E-state index contributed by atoms with van der Waals surface area (Å²) >= 11 is 12.1. The Bertz CT molecular complexity index is 343. The quantitative estimate of drug-likeness (QED) is 0.888. The molecule has 0 amide bonds. The van der Waals surface area contributed by atoms with Crippen molar-refractivity contribution < 1.29 is 9.84 Å². The van der Waals surface area contributed by atoms with E-state index in [1.54, 1.807) is 6.08 Å². The molecule has 0 heterocycles. The van der Waals surface area contributed by atoms with Crippen LogP contribution in [0.2, 0.25) is 0 Å². The number of aliphatic hydroxyl groups is 1. The summed E-state index contributed by atoms with van der Waals surface area (Å²) in [6, 6.07) is 3.62. The summed E-state index contributed by atoms with van der Waals surface area (Å²) in [6.45, 7) is 0.401. The van der Waals surface area contributed by atoms with Crippen LogP contribution in [0.5, 0.6) is 5.75 Å². The molecule has 0 aromatic heterocycles. The molecule has 0 aliphatic rings. The summed E-state index contributed by atoms with van der Waals surface area (Å²) in [5, 5.41) is 8.98.